The molecule has 0 radical (unpaired) electrons. The van der Waals surface area contributed by atoms with E-state index >= 15 is 0 Å². The lowest BCUT2D eigenvalue weighted by molar-refractivity contribution is -0.144. The molecule has 1 amide bonds. The van der Waals surface area contributed by atoms with Crippen LogP contribution in [0.2, 0.25) is 0 Å². The first-order valence-corrected chi connectivity index (χ1v) is 8.26. The smallest absolute Gasteiger partial charge is 0.223 e. The number of likely N-dealkylation sites (tertiary alicyclic amines) is 2. The van der Waals surface area contributed by atoms with Crippen LogP contribution < -0.4 is 0 Å². The Morgan fingerprint density at radius 3 is 3.00 bits per heavy atom. The van der Waals surface area contributed by atoms with Crippen molar-refractivity contribution in [3.63, 3.8) is 0 Å². The average molecular weight is 299 g/mol. The van der Waals surface area contributed by atoms with Crippen molar-refractivity contribution in [2.45, 2.75) is 44.2 Å². The minimum absolute atomic E-state index is 0.0178. The number of piperidine rings is 2. The fourth-order valence-corrected chi connectivity index (χ4v) is 4.04. The van der Waals surface area contributed by atoms with Crippen LogP contribution in [0.25, 0.3) is 0 Å². The Morgan fingerprint density at radius 1 is 1.36 bits per heavy atom. The van der Waals surface area contributed by atoms with Crippen molar-refractivity contribution >= 4 is 5.91 Å². The van der Waals surface area contributed by atoms with Gasteiger partial charge in [0.15, 0.2) is 0 Å². The third kappa shape index (κ3) is 3.07. The summed E-state index contributed by atoms with van der Waals surface area (Å²) in [7, 11) is 0. The molecule has 4 nitrogen and oxygen atoms in total. The second-order valence-corrected chi connectivity index (χ2v) is 6.55. The molecule has 22 heavy (non-hydrogen) atoms. The van der Waals surface area contributed by atoms with Crippen molar-refractivity contribution in [1.29, 1.82) is 0 Å². The predicted molar refractivity (Wildman–Crippen MR) is 87.2 cm³/mol. The number of pyridine rings is 1. The molecule has 2 saturated heterocycles. The van der Waals surface area contributed by atoms with Crippen LogP contribution >= 0.6 is 0 Å². The van der Waals surface area contributed by atoms with Gasteiger partial charge >= 0.3 is 0 Å². The number of rotatable bonds is 4. The van der Waals surface area contributed by atoms with Crippen molar-refractivity contribution < 1.29 is 4.79 Å². The zero-order valence-electron chi connectivity index (χ0n) is 13.2. The van der Waals surface area contributed by atoms with Crippen molar-refractivity contribution in [3.8, 4) is 0 Å². The van der Waals surface area contributed by atoms with Gasteiger partial charge < -0.3 is 4.90 Å². The molecule has 1 unspecified atom stereocenters. The highest BCUT2D eigenvalue weighted by Crippen LogP contribution is 2.37. The van der Waals surface area contributed by atoms with Crippen LogP contribution in [0.5, 0.6) is 0 Å². The summed E-state index contributed by atoms with van der Waals surface area (Å²) in [5.41, 5.74) is 1.27. The van der Waals surface area contributed by atoms with Gasteiger partial charge in [0.1, 0.15) is 0 Å². The monoisotopic (exact) mass is 299 g/mol. The molecule has 1 aromatic rings. The molecule has 118 valence electrons. The molecule has 2 fully saturated rings. The minimum atomic E-state index is 0.0178. The van der Waals surface area contributed by atoms with E-state index in [2.05, 4.69) is 27.4 Å². The number of hydrogen-bond acceptors (Lipinski definition) is 3. The number of hydrogen-bond donors (Lipinski definition) is 0. The second kappa shape index (κ2) is 6.61. The molecule has 3 heterocycles. The SMILES string of the molecule is C=CCN1C(=O)CCCC12CCCN(Cc1cccnc1)C2. The van der Waals surface area contributed by atoms with E-state index in [1.165, 1.54) is 5.56 Å². The van der Waals surface area contributed by atoms with Gasteiger partial charge in [-0.2, -0.15) is 0 Å². The molecule has 0 bridgehead atoms. The zero-order chi connectivity index (χ0) is 15.4. The van der Waals surface area contributed by atoms with Crippen molar-refractivity contribution in [2.75, 3.05) is 19.6 Å². The van der Waals surface area contributed by atoms with Crippen LogP contribution in [-0.4, -0.2) is 45.9 Å². The summed E-state index contributed by atoms with van der Waals surface area (Å²) < 4.78 is 0. The highest BCUT2D eigenvalue weighted by atomic mass is 16.2. The van der Waals surface area contributed by atoms with E-state index in [9.17, 15) is 4.79 Å². The van der Waals surface area contributed by atoms with E-state index < -0.39 is 0 Å². The number of carbonyl (C=O) groups excluding carboxylic acids is 1. The molecule has 3 rings (SSSR count). The average Bonchev–Trinajstić information content (AvgIpc) is 2.53. The highest BCUT2D eigenvalue weighted by molar-refractivity contribution is 5.78. The Bertz CT molecular complexity index is 526. The number of carbonyl (C=O) groups is 1. The fourth-order valence-electron chi connectivity index (χ4n) is 4.04. The first-order valence-electron chi connectivity index (χ1n) is 8.26. The number of amides is 1. The third-order valence-electron chi connectivity index (χ3n) is 4.98. The number of aromatic nitrogens is 1. The molecule has 0 aromatic carbocycles. The largest absolute Gasteiger partial charge is 0.332 e. The predicted octanol–water partition coefficient (Wildman–Crippen LogP) is 2.61. The minimum Gasteiger partial charge on any atom is -0.332 e. The summed E-state index contributed by atoms with van der Waals surface area (Å²) in [4.78, 5) is 21.2. The molecule has 2 aliphatic heterocycles. The molecule has 4 heteroatoms. The maximum absolute atomic E-state index is 12.4. The van der Waals surface area contributed by atoms with Gasteiger partial charge in [0.2, 0.25) is 5.91 Å². The standard InChI is InChI=1S/C18H25N3O/c1-2-11-21-17(22)7-3-8-18(21)9-5-12-20(15-18)14-16-6-4-10-19-13-16/h2,4,6,10,13H,1,3,5,7-9,11-12,14-15H2. The molecule has 1 spiro atoms. The van der Waals surface area contributed by atoms with Crippen LogP contribution in [0.1, 0.15) is 37.7 Å². The van der Waals surface area contributed by atoms with Gasteiger partial charge in [-0.15, -0.1) is 6.58 Å². The van der Waals surface area contributed by atoms with Gasteiger partial charge in [-0.3, -0.25) is 14.7 Å². The van der Waals surface area contributed by atoms with E-state index in [-0.39, 0.29) is 5.54 Å². The lowest BCUT2D eigenvalue weighted by Gasteiger charge is -2.52. The Labute approximate surface area is 132 Å². The Kier molecular flexibility index (Phi) is 4.57. The summed E-state index contributed by atoms with van der Waals surface area (Å²) in [5.74, 6) is 0.300. The molecule has 0 saturated carbocycles. The van der Waals surface area contributed by atoms with Crippen LogP contribution in [0, 0.1) is 0 Å². The quantitative estimate of drug-likeness (QED) is 0.802. The van der Waals surface area contributed by atoms with Crippen molar-refractivity contribution in [2.24, 2.45) is 0 Å². The van der Waals surface area contributed by atoms with Crippen LogP contribution in [0.15, 0.2) is 37.2 Å². The van der Waals surface area contributed by atoms with Crippen LogP contribution in [-0.2, 0) is 11.3 Å². The number of nitrogens with zero attached hydrogens (tertiary/aromatic N) is 3. The van der Waals surface area contributed by atoms with Gasteiger partial charge in [-0.25, -0.2) is 0 Å². The second-order valence-electron chi connectivity index (χ2n) is 6.55. The van der Waals surface area contributed by atoms with E-state index in [1.54, 1.807) is 0 Å². The summed E-state index contributed by atoms with van der Waals surface area (Å²) >= 11 is 0. The van der Waals surface area contributed by atoms with E-state index in [4.69, 9.17) is 0 Å². The summed E-state index contributed by atoms with van der Waals surface area (Å²) in [6, 6.07) is 4.12. The van der Waals surface area contributed by atoms with Crippen LogP contribution in [0.3, 0.4) is 0 Å². The van der Waals surface area contributed by atoms with E-state index in [0.717, 1.165) is 45.3 Å². The van der Waals surface area contributed by atoms with Crippen molar-refractivity contribution in [1.82, 2.24) is 14.8 Å². The van der Waals surface area contributed by atoms with Crippen molar-refractivity contribution in [3.05, 3.63) is 42.7 Å². The van der Waals surface area contributed by atoms with Crippen LogP contribution in [0.4, 0.5) is 0 Å². The molecule has 2 aliphatic rings. The fraction of sp³-hybridized carbons (Fsp3) is 0.556. The maximum Gasteiger partial charge on any atom is 0.223 e. The van der Waals surface area contributed by atoms with Gasteiger partial charge in [0.25, 0.3) is 0 Å². The summed E-state index contributed by atoms with van der Waals surface area (Å²) in [6.07, 6.45) is 10.7. The van der Waals surface area contributed by atoms with E-state index in [0.29, 0.717) is 18.9 Å². The molecule has 0 aliphatic carbocycles. The summed E-state index contributed by atoms with van der Waals surface area (Å²) in [6.45, 7) is 7.52. The lowest BCUT2D eigenvalue weighted by atomic mass is 9.79. The molecular weight excluding hydrogens is 274 g/mol. The van der Waals surface area contributed by atoms with E-state index in [1.807, 2.05) is 24.5 Å². The molecular formula is C18H25N3O. The summed E-state index contributed by atoms with van der Waals surface area (Å²) in [5, 5.41) is 0. The van der Waals surface area contributed by atoms with Gasteiger partial charge in [0, 0.05) is 38.4 Å². The zero-order valence-corrected chi connectivity index (χ0v) is 13.2. The molecule has 1 aromatic heterocycles. The Morgan fingerprint density at radius 2 is 2.23 bits per heavy atom. The lowest BCUT2D eigenvalue weighted by Crippen LogP contribution is -2.62. The third-order valence-corrected chi connectivity index (χ3v) is 4.98. The molecule has 0 N–H and O–H groups in total. The topological polar surface area (TPSA) is 36.4 Å². The Hall–Kier alpha value is -1.68. The van der Waals surface area contributed by atoms with Gasteiger partial charge in [-0.1, -0.05) is 12.1 Å². The highest BCUT2D eigenvalue weighted by Gasteiger charge is 2.44. The van der Waals surface area contributed by atoms with Gasteiger partial charge in [-0.05, 0) is 43.9 Å². The molecule has 1 atom stereocenters. The van der Waals surface area contributed by atoms with Gasteiger partial charge in [0.05, 0.1) is 5.54 Å². The normalized spacial score (nSPS) is 26.4. The maximum atomic E-state index is 12.4. The first-order chi connectivity index (χ1) is 10.7. The first kappa shape index (κ1) is 15.2. The Balaban J connectivity index is 1.75.